The van der Waals surface area contributed by atoms with Crippen LogP contribution in [0.15, 0.2) is 10.5 Å². The molecule has 1 aromatic carbocycles. The van der Waals surface area contributed by atoms with E-state index in [2.05, 4.69) is 20.7 Å². The second kappa shape index (κ2) is 3.83. The number of phenolic OH excluding ortho intramolecular Hbond substituents is 1. The summed E-state index contributed by atoms with van der Waals surface area (Å²) in [6, 6.07) is 1.07. The zero-order valence-corrected chi connectivity index (χ0v) is 8.63. The van der Waals surface area contributed by atoms with E-state index >= 15 is 0 Å². The van der Waals surface area contributed by atoms with Crippen LogP contribution in [0.2, 0.25) is 0 Å². The Kier molecular flexibility index (Phi) is 2.95. The van der Waals surface area contributed by atoms with Gasteiger partial charge >= 0.3 is 5.97 Å². The number of carboxylic acid groups (broad SMARTS) is 1. The molecule has 0 unspecified atom stereocenters. The van der Waals surface area contributed by atoms with Gasteiger partial charge in [-0.3, -0.25) is 0 Å². The number of carbonyl (C=O) groups is 1. The molecule has 0 bridgehead atoms. The van der Waals surface area contributed by atoms with Crippen molar-refractivity contribution in [3.05, 3.63) is 21.9 Å². The van der Waals surface area contributed by atoms with Crippen LogP contribution in [0.5, 0.6) is 11.5 Å². The van der Waals surface area contributed by atoms with Crippen LogP contribution in [0.3, 0.4) is 0 Å². The molecular formula is C8H6BrFO4. The van der Waals surface area contributed by atoms with Gasteiger partial charge in [-0.1, -0.05) is 0 Å². The molecule has 0 heterocycles. The third kappa shape index (κ3) is 1.65. The highest BCUT2D eigenvalue weighted by atomic mass is 79.9. The Balaban J connectivity index is 3.51. The quantitative estimate of drug-likeness (QED) is 0.858. The van der Waals surface area contributed by atoms with Gasteiger partial charge in [0.15, 0.2) is 11.5 Å². The Hall–Kier alpha value is -1.30. The molecule has 0 aromatic heterocycles. The van der Waals surface area contributed by atoms with Crippen LogP contribution in [-0.2, 0) is 0 Å². The number of hydrogen-bond acceptors (Lipinski definition) is 3. The van der Waals surface area contributed by atoms with Gasteiger partial charge < -0.3 is 14.9 Å². The number of halogens is 2. The van der Waals surface area contributed by atoms with Gasteiger partial charge in [0, 0.05) is 0 Å². The Labute approximate surface area is 87.1 Å². The second-order valence-corrected chi connectivity index (χ2v) is 3.26. The first-order valence-electron chi connectivity index (χ1n) is 3.47. The third-order valence-corrected chi connectivity index (χ3v) is 2.19. The molecule has 76 valence electrons. The molecule has 4 nitrogen and oxygen atoms in total. The molecule has 0 radical (unpaired) electrons. The van der Waals surface area contributed by atoms with Crippen LogP contribution >= 0.6 is 15.9 Å². The van der Waals surface area contributed by atoms with Crippen molar-refractivity contribution in [2.24, 2.45) is 0 Å². The molecule has 0 atom stereocenters. The van der Waals surface area contributed by atoms with Crippen molar-refractivity contribution >= 4 is 21.9 Å². The standard InChI is InChI=1S/C8H6BrFO4/c1-14-7-3(8(12)13)2-4(9)6(11)5(7)10/h2,11H,1H3,(H,12,13). The highest BCUT2D eigenvalue weighted by molar-refractivity contribution is 9.10. The zero-order valence-electron chi connectivity index (χ0n) is 7.04. The van der Waals surface area contributed by atoms with E-state index in [1.807, 2.05) is 0 Å². The van der Waals surface area contributed by atoms with E-state index in [9.17, 15) is 9.18 Å². The fraction of sp³-hybridized carbons (Fsp3) is 0.125. The van der Waals surface area contributed by atoms with Crippen molar-refractivity contribution in [3.8, 4) is 11.5 Å². The summed E-state index contributed by atoms with van der Waals surface area (Å²) < 4.78 is 17.7. The van der Waals surface area contributed by atoms with Crippen LogP contribution in [0, 0.1) is 5.82 Å². The third-order valence-electron chi connectivity index (χ3n) is 1.58. The first-order valence-corrected chi connectivity index (χ1v) is 4.26. The highest BCUT2D eigenvalue weighted by Crippen LogP contribution is 2.36. The number of ether oxygens (including phenoxy) is 1. The zero-order chi connectivity index (χ0) is 10.9. The lowest BCUT2D eigenvalue weighted by molar-refractivity contribution is 0.0692. The molecule has 2 N–H and O–H groups in total. The average Bonchev–Trinajstić information content (AvgIpc) is 2.13. The minimum Gasteiger partial charge on any atom is -0.504 e. The molecule has 1 aromatic rings. The number of rotatable bonds is 2. The molecule has 0 aliphatic heterocycles. The minimum absolute atomic E-state index is 0.0341. The molecule has 0 amide bonds. The summed E-state index contributed by atoms with van der Waals surface area (Å²) in [7, 11) is 1.12. The van der Waals surface area contributed by atoms with Gasteiger partial charge in [-0.15, -0.1) is 0 Å². The lowest BCUT2D eigenvalue weighted by atomic mass is 10.2. The minimum atomic E-state index is -1.33. The van der Waals surface area contributed by atoms with E-state index in [1.165, 1.54) is 0 Å². The highest BCUT2D eigenvalue weighted by Gasteiger charge is 2.21. The molecule has 0 saturated carbocycles. The van der Waals surface area contributed by atoms with Crippen LogP contribution in [0.4, 0.5) is 4.39 Å². The van der Waals surface area contributed by atoms with E-state index in [0.29, 0.717) is 0 Å². The summed E-state index contributed by atoms with van der Waals surface area (Å²) in [5, 5.41) is 17.8. The Bertz CT molecular complexity index is 391. The number of methoxy groups -OCH3 is 1. The molecule has 0 aliphatic rings. The predicted octanol–water partition coefficient (Wildman–Crippen LogP) is 2.00. The maximum atomic E-state index is 13.2. The fourth-order valence-electron chi connectivity index (χ4n) is 0.950. The van der Waals surface area contributed by atoms with E-state index in [-0.39, 0.29) is 10.0 Å². The van der Waals surface area contributed by atoms with Gasteiger partial charge in [0.2, 0.25) is 5.82 Å². The summed E-state index contributed by atoms with van der Waals surface area (Å²) >= 11 is 2.82. The maximum Gasteiger partial charge on any atom is 0.339 e. The van der Waals surface area contributed by atoms with Crippen molar-refractivity contribution in [2.75, 3.05) is 7.11 Å². The number of hydrogen-bond donors (Lipinski definition) is 2. The number of aromatic hydroxyl groups is 1. The molecule has 1 rings (SSSR count). The van der Waals surface area contributed by atoms with E-state index in [4.69, 9.17) is 10.2 Å². The first kappa shape index (κ1) is 10.8. The molecule has 0 aliphatic carbocycles. The average molecular weight is 265 g/mol. The SMILES string of the molecule is COc1c(C(=O)O)cc(Br)c(O)c1F. The van der Waals surface area contributed by atoms with Crippen LogP contribution in [-0.4, -0.2) is 23.3 Å². The second-order valence-electron chi connectivity index (χ2n) is 2.41. The molecule has 0 fully saturated rings. The van der Waals surface area contributed by atoms with Crippen LogP contribution in [0.25, 0.3) is 0 Å². The molecule has 6 heteroatoms. The number of aromatic carboxylic acids is 1. The lowest BCUT2D eigenvalue weighted by Crippen LogP contribution is -2.03. The topological polar surface area (TPSA) is 66.8 Å². The molecule has 0 spiro atoms. The Morgan fingerprint density at radius 2 is 2.21 bits per heavy atom. The normalized spacial score (nSPS) is 9.93. The summed E-state index contributed by atoms with van der Waals surface area (Å²) in [6.07, 6.45) is 0. The Morgan fingerprint density at radius 1 is 1.64 bits per heavy atom. The predicted molar refractivity (Wildman–Crippen MR) is 49.3 cm³/mol. The number of benzene rings is 1. The Morgan fingerprint density at radius 3 is 2.64 bits per heavy atom. The van der Waals surface area contributed by atoms with Gasteiger partial charge in [-0.2, -0.15) is 4.39 Å². The number of phenols is 1. The summed E-state index contributed by atoms with van der Waals surface area (Å²) in [5.74, 6) is -3.59. The lowest BCUT2D eigenvalue weighted by Gasteiger charge is -2.08. The van der Waals surface area contributed by atoms with Crippen molar-refractivity contribution in [2.45, 2.75) is 0 Å². The summed E-state index contributed by atoms with van der Waals surface area (Å²) in [6.45, 7) is 0. The number of carboxylic acids is 1. The maximum absolute atomic E-state index is 13.2. The van der Waals surface area contributed by atoms with Crippen molar-refractivity contribution in [1.82, 2.24) is 0 Å². The molecule has 0 saturated heterocycles. The van der Waals surface area contributed by atoms with Crippen molar-refractivity contribution in [1.29, 1.82) is 0 Å². The van der Waals surface area contributed by atoms with Crippen molar-refractivity contribution in [3.63, 3.8) is 0 Å². The summed E-state index contributed by atoms with van der Waals surface area (Å²) in [5.41, 5.74) is -0.352. The van der Waals surface area contributed by atoms with Crippen LogP contribution in [0.1, 0.15) is 10.4 Å². The van der Waals surface area contributed by atoms with Gasteiger partial charge in [-0.05, 0) is 22.0 Å². The molecule has 14 heavy (non-hydrogen) atoms. The van der Waals surface area contributed by atoms with Crippen LogP contribution < -0.4 is 4.74 Å². The fourth-order valence-corrected chi connectivity index (χ4v) is 1.35. The van der Waals surface area contributed by atoms with E-state index < -0.39 is 23.3 Å². The van der Waals surface area contributed by atoms with Gasteiger partial charge in [-0.25, -0.2) is 4.79 Å². The monoisotopic (exact) mass is 264 g/mol. The molecular weight excluding hydrogens is 259 g/mol. The largest absolute Gasteiger partial charge is 0.504 e. The smallest absolute Gasteiger partial charge is 0.339 e. The first-order chi connectivity index (χ1) is 6.49. The van der Waals surface area contributed by atoms with Gasteiger partial charge in [0.1, 0.15) is 5.56 Å². The van der Waals surface area contributed by atoms with Gasteiger partial charge in [0.25, 0.3) is 0 Å². The van der Waals surface area contributed by atoms with Gasteiger partial charge in [0.05, 0.1) is 11.6 Å². The van der Waals surface area contributed by atoms with E-state index in [0.717, 1.165) is 13.2 Å². The summed E-state index contributed by atoms with van der Waals surface area (Å²) in [4.78, 5) is 10.6. The van der Waals surface area contributed by atoms with E-state index in [1.54, 1.807) is 0 Å². The van der Waals surface area contributed by atoms with Crippen molar-refractivity contribution < 1.29 is 24.1 Å².